The molecule has 2 fully saturated rings. The Kier molecular flexibility index (Phi) is 6.21. The zero-order valence-electron chi connectivity index (χ0n) is 19.2. The topological polar surface area (TPSA) is 80.7 Å². The van der Waals surface area contributed by atoms with Gasteiger partial charge in [-0.15, -0.1) is 0 Å². The van der Waals surface area contributed by atoms with Crippen LogP contribution in [0.25, 0.3) is 0 Å². The lowest BCUT2D eigenvalue weighted by molar-refractivity contribution is 0.0732. The molecule has 2 aliphatic rings. The van der Waals surface area contributed by atoms with E-state index >= 15 is 0 Å². The van der Waals surface area contributed by atoms with E-state index in [1.165, 1.54) is 37.3 Å². The first kappa shape index (κ1) is 23.0. The molecule has 1 N–H and O–H groups in total. The van der Waals surface area contributed by atoms with Crippen LogP contribution in [0.5, 0.6) is 5.75 Å². The van der Waals surface area contributed by atoms with Gasteiger partial charge in [0, 0.05) is 0 Å². The van der Waals surface area contributed by atoms with Crippen LogP contribution in [-0.2, 0) is 10.1 Å². The molecule has 0 amide bonds. The van der Waals surface area contributed by atoms with E-state index in [0.717, 1.165) is 11.8 Å². The normalized spacial score (nSPS) is 22.7. The average molecular weight is 457 g/mol. The van der Waals surface area contributed by atoms with Crippen molar-refractivity contribution >= 4 is 16.1 Å². The minimum Gasteiger partial charge on any atom is -0.423 e. The zero-order chi connectivity index (χ0) is 23.2. The summed E-state index contributed by atoms with van der Waals surface area (Å²) in [5.41, 5.74) is 2.76. The standard InChI is InChI=1S/C26H32O5S/c1-15(2)21-14-25(32(28,29)30)22(16(3)4)13-24(21)31-26(27)19-9-7-18(8-10-19)23-12-17-5-6-20(23)11-17/h7-10,13-17,20,23H,5-6,11-12H2,1-4H3,(H,28,29,30). The van der Waals surface area contributed by atoms with Crippen molar-refractivity contribution in [3.8, 4) is 5.75 Å². The third-order valence-electron chi connectivity index (χ3n) is 7.18. The van der Waals surface area contributed by atoms with Gasteiger partial charge in [0.05, 0.1) is 10.5 Å². The Hall–Kier alpha value is -2.18. The molecule has 2 aliphatic carbocycles. The molecule has 3 atom stereocenters. The molecule has 5 nitrogen and oxygen atoms in total. The average Bonchev–Trinajstić information content (AvgIpc) is 3.36. The molecular weight excluding hydrogens is 424 g/mol. The Morgan fingerprint density at radius 1 is 0.969 bits per heavy atom. The van der Waals surface area contributed by atoms with Crippen LogP contribution in [-0.4, -0.2) is 18.9 Å². The van der Waals surface area contributed by atoms with Crippen LogP contribution in [0.4, 0.5) is 0 Å². The molecule has 2 aromatic carbocycles. The number of ether oxygens (including phenoxy) is 1. The van der Waals surface area contributed by atoms with E-state index in [1.54, 1.807) is 6.07 Å². The fraction of sp³-hybridized carbons (Fsp3) is 0.500. The number of benzene rings is 2. The van der Waals surface area contributed by atoms with Crippen LogP contribution in [0.3, 0.4) is 0 Å². The summed E-state index contributed by atoms with van der Waals surface area (Å²) in [6.07, 6.45) is 5.27. The zero-order valence-corrected chi connectivity index (χ0v) is 20.0. The minimum absolute atomic E-state index is 0.0975. The van der Waals surface area contributed by atoms with Crippen molar-refractivity contribution in [3.63, 3.8) is 0 Å². The highest BCUT2D eigenvalue weighted by Gasteiger charge is 2.40. The van der Waals surface area contributed by atoms with E-state index in [1.807, 2.05) is 52.0 Å². The van der Waals surface area contributed by atoms with Gasteiger partial charge in [0.15, 0.2) is 0 Å². The maximum Gasteiger partial charge on any atom is 0.343 e. The molecule has 3 unspecified atom stereocenters. The van der Waals surface area contributed by atoms with Crippen molar-refractivity contribution in [1.82, 2.24) is 0 Å². The van der Waals surface area contributed by atoms with Crippen LogP contribution in [0.1, 0.15) is 98.2 Å². The Bertz CT molecular complexity index is 1120. The van der Waals surface area contributed by atoms with Crippen molar-refractivity contribution in [2.75, 3.05) is 0 Å². The summed E-state index contributed by atoms with van der Waals surface area (Å²) in [6.45, 7) is 7.44. The maximum absolute atomic E-state index is 12.9. The second kappa shape index (κ2) is 8.64. The van der Waals surface area contributed by atoms with Crippen LogP contribution < -0.4 is 4.74 Å². The highest BCUT2D eigenvalue weighted by molar-refractivity contribution is 7.85. The second-order valence-corrected chi connectivity index (χ2v) is 11.4. The number of carbonyl (C=O) groups is 1. The summed E-state index contributed by atoms with van der Waals surface area (Å²) in [5.74, 6) is 1.84. The number of esters is 1. The van der Waals surface area contributed by atoms with Crippen molar-refractivity contribution in [3.05, 3.63) is 58.7 Å². The summed E-state index contributed by atoms with van der Waals surface area (Å²) in [5, 5.41) is 0. The fourth-order valence-corrected chi connectivity index (χ4v) is 6.35. The van der Waals surface area contributed by atoms with E-state index < -0.39 is 16.1 Å². The summed E-state index contributed by atoms with van der Waals surface area (Å²) in [6, 6.07) is 10.8. The molecule has 0 spiro atoms. The first-order valence-electron chi connectivity index (χ1n) is 11.5. The van der Waals surface area contributed by atoms with Gasteiger partial charge in [-0.3, -0.25) is 4.55 Å². The maximum atomic E-state index is 12.9. The van der Waals surface area contributed by atoms with E-state index in [4.69, 9.17) is 4.74 Å². The van der Waals surface area contributed by atoms with Crippen LogP contribution in [0, 0.1) is 11.8 Å². The molecule has 0 aliphatic heterocycles. The Morgan fingerprint density at radius 2 is 1.62 bits per heavy atom. The highest BCUT2D eigenvalue weighted by Crippen LogP contribution is 2.52. The monoisotopic (exact) mass is 456 g/mol. The predicted molar refractivity (Wildman–Crippen MR) is 124 cm³/mol. The van der Waals surface area contributed by atoms with Gasteiger partial charge in [-0.2, -0.15) is 8.42 Å². The van der Waals surface area contributed by atoms with Crippen molar-refractivity contribution < 1.29 is 22.5 Å². The van der Waals surface area contributed by atoms with Gasteiger partial charge in [0.25, 0.3) is 10.1 Å². The minimum atomic E-state index is -4.39. The number of carbonyl (C=O) groups excluding carboxylic acids is 1. The third kappa shape index (κ3) is 4.48. The van der Waals surface area contributed by atoms with Gasteiger partial charge in [-0.05, 0) is 89.8 Å². The van der Waals surface area contributed by atoms with Gasteiger partial charge in [0.2, 0.25) is 0 Å². The molecule has 2 saturated carbocycles. The first-order valence-corrected chi connectivity index (χ1v) is 13.0. The first-order chi connectivity index (χ1) is 15.0. The molecule has 0 heterocycles. The van der Waals surface area contributed by atoms with Gasteiger partial charge in [-0.25, -0.2) is 4.79 Å². The van der Waals surface area contributed by atoms with E-state index in [2.05, 4.69) is 0 Å². The van der Waals surface area contributed by atoms with Gasteiger partial charge < -0.3 is 4.74 Å². The van der Waals surface area contributed by atoms with Crippen LogP contribution >= 0.6 is 0 Å². The Labute approximate surface area is 190 Å². The second-order valence-electron chi connectivity index (χ2n) is 10.0. The molecule has 0 aromatic heterocycles. The van der Waals surface area contributed by atoms with E-state index in [-0.39, 0.29) is 16.7 Å². The fourth-order valence-electron chi connectivity index (χ4n) is 5.48. The Balaban J connectivity index is 1.60. The van der Waals surface area contributed by atoms with Gasteiger partial charge >= 0.3 is 5.97 Å². The summed E-state index contributed by atoms with van der Waals surface area (Å²) in [4.78, 5) is 12.8. The lowest BCUT2D eigenvalue weighted by Gasteiger charge is -2.22. The number of hydrogen-bond acceptors (Lipinski definition) is 4. The molecule has 2 bridgehead atoms. The highest BCUT2D eigenvalue weighted by atomic mass is 32.2. The molecule has 6 heteroatoms. The summed E-state index contributed by atoms with van der Waals surface area (Å²) in [7, 11) is -4.39. The molecule has 172 valence electrons. The third-order valence-corrected chi connectivity index (χ3v) is 8.09. The lowest BCUT2D eigenvalue weighted by atomic mass is 9.83. The van der Waals surface area contributed by atoms with Crippen molar-refractivity contribution in [2.45, 2.75) is 76.0 Å². The van der Waals surface area contributed by atoms with Crippen LogP contribution in [0.2, 0.25) is 0 Å². The van der Waals surface area contributed by atoms with E-state index in [0.29, 0.717) is 28.4 Å². The Morgan fingerprint density at radius 3 is 2.12 bits per heavy atom. The van der Waals surface area contributed by atoms with E-state index in [9.17, 15) is 17.8 Å². The van der Waals surface area contributed by atoms with Crippen LogP contribution in [0.15, 0.2) is 41.3 Å². The quantitative estimate of drug-likeness (QED) is 0.313. The molecule has 2 aromatic rings. The predicted octanol–water partition coefficient (Wildman–Crippen LogP) is 6.30. The molecular formula is C26H32O5S. The molecule has 0 radical (unpaired) electrons. The summed E-state index contributed by atoms with van der Waals surface area (Å²) >= 11 is 0. The molecule has 4 rings (SSSR count). The SMILES string of the molecule is CC(C)c1cc(S(=O)(=O)O)c(C(C)C)cc1OC(=O)c1ccc(C2CC3CCC2C3)cc1. The molecule has 32 heavy (non-hydrogen) atoms. The largest absolute Gasteiger partial charge is 0.423 e. The van der Waals surface area contributed by atoms with Crippen molar-refractivity contribution in [1.29, 1.82) is 0 Å². The number of fused-ring (bicyclic) bond motifs is 2. The summed E-state index contributed by atoms with van der Waals surface area (Å²) < 4.78 is 39.3. The lowest BCUT2D eigenvalue weighted by Crippen LogP contribution is -2.13. The van der Waals surface area contributed by atoms with Gasteiger partial charge in [-0.1, -0.05) is 46.2 Å². The number of rotatable bonds is 6. The van der Waals surface area contributed by atoms with Gasteiger partial charge in [0.1, 0.15) is 5.75 Å². The molecule has 0 saturated heterocycles. The van der Waals surface area contributed by atoms with Crippen molar-refractivity contribution in [2.24, 2.45) is 11.8 Å². The smallest absolute Gasteiger partial charge is 0.343 e. The number of hydrogen-bond donors (Lipinski definition) is 1.